The monoisotopic (exact) mass is 373 g/mol. The molecular weight excluding hydrogens is 358 g/mol. The minimum absolute atomic E-state index is 0.154. The van der Waals surface area contributed by atoms with Crippen molar-refractivity contribution in [3.05, 3.63) is 95.3 Å². The number of nitrogens with one attached hydrogen (secondary N) is 1. The number of fused-ring (bicyclic) bond motifs is 1. The number of halogens is 1. The van der Waals surface area contributed by atoms with Gasteiger partial charge in [-0.15, -0.1) is 0 Å². The number of pyridine rings is 2. The fourth-order valence-electron chi connectivity index (χ4n) is 2.95. The third-order valence-electron chi connectivity index (χ3n) is 4.31. The first-order valence-corrected chi connectivity index (χ1v) is 8.92. The van der Waals surface area contributed by atoms with Crippen LogP contribution in [0, 0.1) is 0 Å². The quantitative estimate of drug-likeness (QED) is 0.554. The highest BCUT2D eigenvalue weighted by molar-refractivity contribution is 6.33. The van der Waals surface area contributed by atoms with Crippen LogP contribution < -0.4 is 5.32 Å². The highest BCUT2D eigenvalue weighted by Gasteiger charge is 2.15. The summed E-state index contributed by atoms with van der Waals surface area (Å²) in [5.41, 5.74) is 3.79. The van der Waals surface area contributed by atoms with Crippen molar-refractivity contribution < 1.29 is 4.79 Å². The molecular formula is C22H16ClN3O. The normalized spacial score (nSPS) is 10.7. The van der Waals surface area contributed by atoms with Crippen molar-refractivity contribution in [2.45, 2.75) is 6.54 Å². The number of aromatic nitrogens is 2. The molecule has 0 saturated heterocycles. The summed E-state index contributed by atoms with van der Waals surface area (Å²) in [6, 6.07) is 20.6. The number of nitrogens with zero attached hydrogens (tertiary/aromatic N) is 2. The Morgan fingerprint density at radius 2 is 1.70 bits per heavy atom. The summed E-state index contributed by atoms with van der Waals surface area (Å²) in [6.45, 7) is 0.430. The van der Waals surface area contributed by atoms with Crippen LogP contribution in [0.5, 0.6) is 0 Å². The number of amides is 1. The van der Waals surface area contributed by atoms with E-state index in [4.69, 9.17) is 16.6 Å². The van der Waals surface area contributed by atoms with Crippen LogP contribution in [0.4, 0.5) is 0 Å². The predicted octanol–water partition coefficient (Wildman–Crippen LogP) is 4.88. The van der Waals surface area contributed by atoms with Gasteiger partial charge in [0.25, 0.3) is 5.91 Å². The minimum Gasteiger partial charge on any atom is -0.348 e. The van der Waals surface area contributed by atoms with Crippen molar-refractivity contribution in [1.82, 2.24) is 15.3 Å². The van der Waals surface area contributed by atoms with Crippen LogP contribution in [0.25, 0.3) is 22.2 Å². The van der Waals surface area contributed by atoms with Gasteiger partial charge in [-0.1, -0.05) is 48.0 Å². The number of carbonyl (C=O) groups excluding carboxylic acids is 1. The Bertz CT molecular complexity index is 1110. The first kappa shape index (κ1) is 17.2. The van der Waals surface area contributed by atoms with Gasteiger partial charge >= 0.3 is 0 Å². The Labute approximate surface area is 161 Å². The van der Waals surface area contributed by atoms with Crippen molar-refractivity contribution in [2.24, 2.45) is 0 Å². The van der Waals surface area contributed by atoms with Crippen molar-refractivity contribution >= 4 is 28.4 Å². The van der Waals surface area contributed by atoms with Crippen LogP contribution in [0.15, 0.2) is 79.1 Å². The first-order valence-electron chi connectivity index (χ1n) is 8.54. The summed E-state index contributed by atoms with van der Waals surface area (Å²) in [7, 11) is 0. The molecule has 27 heavy (non-hydrogen) atoms. The summed E-state index contributed by atoms with van der Waals surface area (Å²) in [4.78, 5) is 21.6. The van der Waals surface area contributed by atoms with E-state index >= 15 is 0 Å². The van der Waals surface area contributed by atoms with Gasteiger partial charge in [0, 0.05) is 34.9 Å². The zero-order valence-electron chi connectivity index (χ0n) is 14.4. The molecule has 0 atom stereocenters. The smallest absolute Gasteiger partial charge is 0.252 e. The lowest BCUT2D eigenvalue weighted by atomic mass is 10.0. The van der Waals surface area contributed by atoms with E-state index in [1.165, 1.54) is 0 Å². The van der Waals surface area contributed by atoms with E-state index in [1.54, 1.807) is 18.5 Å². The van der Waals surface area contributed by atoms with Crippen LogP contribution in [-0.4, -0.2) is 15.9 Å². The van der Waals surface area contributed by atoms with E-state index in [0.29, 0.717) is 22.8 Å². The van der Waals surface area contributed by atoms with Crippen LogP contribution in [0.3, 0.4) is 0 Å². The summed E-state index contributed by atoms with van der Waals surface area (Å²) < 4.78 is 0. The van der Waals surface area contributed by atoms with Gasteiger partial charge in [-0.05, 0) is 35.9 Å². The highest BCUT2D eigenvalue weighted by atomic mass is 35.5. The number of carbonyl (C=O) groups is 1. The molecule has 132 valence electrons. The second kappa shape index (κ2) is 7.56. The van der Waals surface area contributed by atoms with Gasteiger partial charge in [0.1, 0.15) is 0 Å². The Morgan fingerprint density at radius 3 is 2.52 bits per heavy atom. The second-order valence-corrected chi connectivity index (χ2v) is 6.50. The molecule has 2 aromatic heterocycles. The lowest BCUT2D eigenvalue weighted by Crippen LogP contribution is -2.23. The maximum absolute atomic E-state index is 12.9. The molecule has 2 heterocycles. The van der Waals surface area contributed by atoms with Crippen molar-refractivity contribution in [3.63, 3.8) is 0 Å². The van der Waals surface area contributed by atoms with Crippen LogP contribution in [0.2, 0.25) is 5.02 Å². The molecule has 1 N–H and O–H groups in total. The molecule has 0 unspecified atom stereocenters. The standard InChI is InChI=1S/C22H16ClN3O/c23-19-7-3-1-6-17(19)21-13-18(16-5-2-4-8-20(16)26-21)22(27)25-14-15-9-11-24-12-10-15/h1-13H,14H2,(H,25,27). The fraction of sp³-hybridized carbons (Fsp3) is 0.0455. The van der Waals surface area contributed by atoms with Gasteiger partial charge in [0.05, 0.1) is 16.8 Å². The van der Waals surface area contributed by atoms with Gasteiger partial charge < -0.3 is 5.32 Å². The van der Waals surface area contributed by atoms with E-state index < -0.39 is 0 Å². The van der Waals surface area contributed by atoms with Gasteiger partial charge in [0.15, 0.2) is 0 Å². The molecule has 5 heteroatoms. The summed E-state index contributed by atoms with van der Waals surface area (Å²) in [5.74, 6) is -0.154. The molecule has 0 bridgehead atoms. The largest absolute Gasteiger partial charge is 0.348 e. The molecule has 0 aliphatic carbocycles. The summed E-state index contributed by atoms with van der Waals surface area (Å²) in [6.07, 6.45) is 3.41. The van der Waals surface area contributed by atoms with E-state index in [-0.39, 0.29) is 5.91 Å². The average molecular weight is 374 g/mol. The molecule has 0 radical (unpaired) electrons. The zero-order chi connectivity index (χ0) is 18.6. The zero-order valence-corrected chi connectivity index (χ0v) is 15.1. The van der Waals surface area contributed by atoms with Gasteiger partial charge in [0.2, 0.25) is 0 Å². The number of para-hydroxylation sites is 1. The lowest BCUT2D eigenvalue weighted by molar-refractivity contribution is 0.0952. The molecule has 1 amide bonds. The second-order valence-electron chi connectivity index (χ2n) is 6.09. The third-order valence-corrected chi connectivity index (χ3v) is 4.64. The molecule has 0 saturated carbocycles. The van der Waals surface area contributed by atoms with Gasteiger partial charge in [-0.2, -0.15) is 0 Å². The minimum atomic E-state index is -0.154. The Balaban J connectivity index is 1.74. The van der Waals surface area contributed by atoms with Crippen LogP contribution in [0.1, 0.15) is 15.9 Å². The molecule has 0 aliphatic rings. The van der Waals surface area contributed by atoms with E-state index in [9.17, 15) is 4.79 Å². The lowest BCUT2D eigenvalue weighted by Gasteiger charge is -2.11. The number of hydrogen-bond acceptors (Lipinski definition) is 3. The number of hydrogen-bond donors (Lipinski definition) is 1. The van der Waals surface area contributed by atoms with Crippen molar-refractivity contribution in [1.29, 1.82) is 0 Å². The molecule has 4 rings (SSSR count). The van der Waals surface area contributed by atoms with E-state index in [2.05, 4.69) is 10.3 Å². The topological polar surface area (TPSA) is 54.9 Å². The molecule has 4 aromatic rings. The molecule has 0 fully saturated rings. The SMILES string of the molecule is O=C(NCc1ccncc1)c1cc(-c2ccccc2Cl)nc2ccccc12. The van der Waals surface area contributed by atoms with Crippen LogP contribution >= 0.6 is 11.6 Å². The van der Waals surface area contributed by atoms with Crippen molar-refractivity contribution in [2.75, 3.05) is 0 Å². The van der Waals surface area contributed by atoms with Gasteiger partial charge in [-0.3, -0.25) is 9.78 Å². The molecule has 4 nitrogen and oxygen atoms in total. The summed E-state index contributed by atoms with van der Waals surface area (Å²) >= 11 is 6.34. The van der Waals surface area contributed by atoms with E-state index in [1.807, 2.05) is 60.7 Å². The summed E-state index contributed by atoms with van der Waals surface area (Å²) in [5, 5.41) is 4.38. The maximum Gasteiger partial charge on any atom is 0.252 e. The molecule has 0 aliphatic heterocycles. The third kappa shape index (κ3) is 3.66. The maximum atomic E-state index is 12.9. The first-order chi connectivity index (χ1) is 13.2. The molecule has 2 aromatic carbocycles. The van der Waals surface area contributed by atoms with Crippen LogP contribution in [-0.2, 0) is 6.54 Å². The number of rotatable bonds is 4. The Kier molecular flexibility index (Phi) is 4.81. The Hall–Kier alpha value is -3.24. The van der Waals surface area contributed by atoms with Crippen molar-refractivity contribution in [3.8, 4) is 11.3 Å². The fourth-order valence-corrected chi connectivity index (χ4v) is 3.18. The van der Waals surface area contributed by atoms with Gasteiger partial charge in [-0.25, -0.2) is 4.98 Å². The van der Waals surface area contributed by atoms with E-state index in [0.717, 1.165) is 22.0 Å². The number of benzene rings is 2. The Morgan fingerprint density at radius 1 is 0.963 bits per heavy atom. The predicted molar refractivity (Wildman–Crippen MR) is 108 cm³/mol. The molecule has 0 spiro atoms. The average Bonchev–Trinajstić information content (AvgIpc) is 2.72. The highest BCUT2D eigenvalue weighted by Crippen LogP contribution is 2.29.